The largest absolute Gasteiger partial charge is 0.338 e. The van der Waals surface area contributed by atoms with Crippen LogP contribution in [0.5, 0.6) is 0 Å². The van der Waals surface area contributed by atoms with Crippen LogP contribution in [0.4, 0.5) is 9.18 Å². The fourth-order valence-electron chi connectivity index (χ4n) is 5.02. The molecule has 0 unspecified atom stereocenters. The number of hydrogen-bond acceptors (Lipinski definition) is 2. The number of hydrogen-bond donors (Lipinski definition) is 2. The van der Waals surface area contributed by atoms with Gasteiger partial charge in [0, 0.05) is 17.1 Å². The van der Waals surface area contributed by atoms with Gasteiger partial charge >= 0.3 is 6.03 Å². The van der Waals surface area contributed by atoms with E-state index in [-0.39, 0.29) is 11.8 Å². The molecule has 1 aliphatic heterocycles. The van der Waals surface area contributed by atoms with Gasteiger partial charge in [-0.15, -0.1) is 0 Å². The van der Waals surface area contributed by atoms with Crippen molar-refractivity contribution in [2.75, 3.05) is 26.2 Å². The van der Waals surface area contributed by atoms with E-state index in [0.717, 1.165) is 35.2 Å². The summed E-state index contributed by atoms with van der Waals surface area (Å²) in [6.45, 7) is 6.16. The van der Waals surface area contributed by atoms with Crippen molar-refractivity contribution in [1.82, 2.24) is 15.5 Å². The molecule has 168 valence electrons. The summed E-state index contributed by atoms with van der Waals surface area (Å²) in [6.07, 6.45) is 10.7. The van der Waals surface area contributed by atoms with Gasteiger partial charge in [-0.3, -0.25) is 0 Å². The highest BCUT2D eigenvalue weighted by Gasteiger charge is 2.23. The zero-order valence-corrected chi connectivity index (χ0v) is 19.9. The Morgan fingerprint density at radius 1 is 1.13 bits per heavy atom. The zero-order chi connectivity index (χ0) is 21.3. The van der Waals surface area contributed by atoms with Gasteiger partial charge in [0.1, 0.15) is 5.82 Å². The van der Waals surface area contributed by atoms with E-state index in [2.05, 4.69) is 31.5 Å². The lowest BCUT2D eigenvalue weighted by Crippen LogP contribution is -2.43. The highest BCUT2D eigenvalue weighted by molar-refractivity contribution is 9.10. The summed E-state index contributed by atoms with van der Waals surface area (Å²) in [5.74, 6) is 1.34. The number of nitrogens with one attached hydrogen (secondary N) is 2. The minimum atomic E-state index is -0.139. The standard InChI is InChI=1S/C24H37BrFN3O/c1-2-27-24(30)28-22-8-5-18(6-9-22)4-3-13-29-14-11-19(12-15-29)16-20-17-21(26)7-10-23(20)25/h7,10,17-19,22H,2-6,8-9,11-16H2,1H3,(H2,27,28,30). The lowest BCUT2D eigenvalue weighted by Gasteiger charge is -2.33. The van der Waals surface area contributed by atoms with Crippen LogP contribution in [0.25, 0.3) is 0 Å². The molecule has 2 N–H and O–H groups in total. The first-order chi connectivity index (χ1) is 14.5. The molecule has 1 saturated heterocycles. The second-order valence-electron chi connectivity index (χ2n) is 9.09. The minimum absolute atomic E-state index is 0.0193. The van der Waals surface area contributed by atoms with Gasteiger partial charge in [-0.1, -0.05) is 15.9 Å². The maximum absolute atomic E-state index is 13.5. The van der Waals surface area contributed by atoms with E-state index in [1.165, 1.54) is 64.2 Å². The van der Waals surface area contributed by atoms with E-state index in [9.17, 15) is 9.18 Å². The van der Waals surface area contributed by atoms with Gasteiger partial charge in [0.25, 0.3) is 0 Å². The number of nitrogens with zero attached hydrogens (tertiary/aromatic N) is 1. The molecule has 4 nitrogen and oxygen atoms in total. The zero-order valence-electron chi connectivity index (χ0n) is 18.3. The number of rotatable bonds is 8. The molecule has 6 heteroatoms. The van der Waals surface area contributed by atoms with E-state index >= 15 is 0 Å². The van der Waals surface area contributed by atoms with Gasteiger partial charge in [0.05, 0.1) is 0 Å². The van der Waals surface area contributed by atoms with E-state index < -0.39 is 0 Å². The van der Waals surface area contributed by atoms with Crippen molar-refractivity contribution in [3.8, 4) is 0 Å². The number of piperidine rings is 1. The highest BCUT2D eigenvalue weighted by atomic mass is 79.9. The van der Waals surface area contributed by atoms with E-state index in [4.69, 9.17) is 0 Å². The topological polar surface area (TPSA) is 44.4 Å². The molecule has 1 aliphatic carbocycles. The Bertz CT molecular complexity index is 670. The van der Waals surface area contributed by atoms with Crippen LogP contribution in [-0.2, 0) is 6.42 Å². The number of amides is 2. The quantitative estimate of drug-likeness (QED) is 0.514. The first-order valence-electron chi connectivity index (χ1n) is 11.7. The first-order valence-corrected chi connectivity index (χ1v) is 12.5. The third-order valence-corrected chi connectivity index (χ3v) is 7.60. The second-order valence-corrected chi connectivity index (χ2v) is 9.94. The average Bonchev–Trinajstić information content (AvgIpc) is 2.73. The van der Waals surface area contributed by atoms with Gasteiger partial charge in [0.15, 0.2) is 0 Å². The predicted octanol–water partition coefficient (Wildman–Crippen LogP) is 5.50. The Kier molecular flexibility index (Phi) is 9.44. The van der Waals surface area contributed by atoms with E-state index in [1.54, 1.807) is 6.07 Å². The summed E-state index contributed by atoms with van der Waals surface area (Å²) in [5.41, 5.74) is 1.10. The predicted molar refractivity (Wildman–Crippen MR) is 124 cm³/mol. The lowest BCUT2D eigenvalue weighted by molar-refractivity contribution is 0.174. The summed E-state index contributed by atoms with van der Waals surface area (Å²) >= 11 is 3.56. The lowest BCUT2D eigenvalue weighted by atomic mass is 9.83. The smallest absolute Gasteiger partial charge is 0.314 e. The van der Waals surface area contributed by atoms with Crippen molar-refractivity contribution in [3.63, 3.8) is 0 Å². The van der Waals surface area contributed by atoms with Crippen LogP contribution < -0.4 is 10.6 Å². The first kappa shape index (κ1) is 23.5. The molecular weight excluding hydrogens is 445 g/mol. The fraction of sp³-hybridized carbons (Fsp3) is 0.708. The highest BCUT2D eigenvalue weighted by Crippen LogP contribution is 2.29. The van der Waals surface area contributed by atoms with Crippen LogP contribution in [0.1, 0.15) is 63.9 Å². The van der Waals surface area contributed by atoms with Crippen LogP contribution >= 0.6 is 15.9 Å². The molecule has 0 atom stereocenters. The maximum Gasteiger partial charge on any atom is 0.314 e. The summed E-state index contributed by atoms with van der Waals surface area (Å²) in [4.78, 5) is 14.3. The molecule has 1 saturated carbocycles. The number of carbonyl (C=O) groups excluding carboxylic acids is 1. The molecule has 0 radical (unpaired) electrons. The summed E-state index contributed by atoms with van der Waals surface area (Å²) in [5, 5.41) is 5.92. The van der Waals surface area contributed by atoms with Crippen LogP contribution in [-0.4, -0.2) is 43.2 Å². The third kappa shape index (κ3) is 7.52. The number of urea groups is 1. The monoisotopic (exact) mass is 481 g/mol. The molecule has 2 fully saturated rings. The summed E-state index contributed by atoms with van der Waals surface area (Å²) < 4.78 is 14.5. The SMILES string of the molecule is CCNC(=O)NC1CCC(CCCN2CCC(Cc3cc(F)ccc3Br)CC2)CC1. The normalized spacial score (nSPS) is 23.3. The molecule has 1 heterocycles. The molecule has 1 aromatic carbocycles. The van der Waals surface area contributed by atoms with Crippen LogP contribution in [0, 0.1) is 17.7 Å². The molecule has 3 rings (SSSR count). The van der Waals surface area contributed by atoms with Crippen molar-refractivity contribution in [2.45, 2.75) is 70.8 Å². The number of benzene rings is 1. The summed E-state index contributed by atoms with van der Waals surface area (Å²) in [7, 11) is 0. The maximum atomic E-state index is 13.5. The Morgan fingerprint density at radius 3 is 2.57 bits per heavy atom. The van der Waals surface area contributed by atoms with E-state index in [0.29, 0.717) is 18.5 Å². The molecule has 0 aromatic heterocycles. The van der Waals surface area contributed by atoms with Gasteiger partial charge < -0.3 is 15.5 Å². The Morgan fingerprint density at radius 2 is 1.87 bits per heavy atom. The molecule has 0 bridgehead atoms. The van der Waals surface area contributed by atoms with Crippen LogP contribution in [0.3, 0.4) is 0 Å². The third-order valence-electron chi connectivity index (χ3n) is 6.83. The summed E-state index contributed by atoms with van der Waals surface area (Å²) in [6, 6.07) is 5.35. The number of likely N-dealkylation sites (tertiary alicyclic amines) is 1. The minimum Gasteiger partial charge on any atom is -0.338 e. The molecule has 1 aromatic rings. The average molecular weight is 482 g/mol. The van der Waals surface area contributed by atoms with Crippen molar-refractivity contribution < 1.29 is 9.18 Å². The second kappa shape index (κ2) is 12.0. The molecular formula is C24H37BrFN3O. The Hall–Kier alpha value is -1.14. The van der Waals surface area contributed by atoms with Gasteiger partial charge in [-0.2, -0.15) is 0 Å². The Labute approximate surface area is 189 Å². The molecule has 0 spiro atoms. The van der Waals surface area contributed by atoms with Crippen molar-refractivity contribution >= 4 is 22.0 Å². The Balaban J connectivity index is 1.28. The van der Waals surface area contributed by atoms with Crippen molar-refractivity contribution in [3.05, 3.63) is 34.1 Å². The van der Waals surface area contributed by atoms with Gasteiger partial charge in [0.2, 0.25) is 0 Å². The number of carbonyl (C=O) groups is 1. The number of halogens is 2. The van der Waals surface area contributed by atoms with Gasteiger partial charge in [-0.25, -0.2) is 9.18 Å². The molecule has 2 amide bonds. The van der Waals surface area contributed by atoms with Crippen LogP contribution in [0.15, 0.2) is 22.7 Å². The fourth-order valence-corrected chi connectivity index (χ4v) is 5.43. The van der Waals surface area contributed by atoms with Gasteiger partial charge in [-0.05, 0) is 120 Å². The molecule has 2 aliphatic rings. The van der Waals surface area contributed by atoms with Crippen molar-refractivity contribution in [2.24, 2.45) is 11.8 Å². The van der Waals surface area contributed by atoms with Crippen LogP contribution in [0.2, 0.25) is 0 Å². The van der Waals surface area contributed by atoms with Crippen molar-refractivity contribution in [1.29, 1.82) is 0 Å². The van der Waals surface area contributed by atoms with E-state index in [1.807, 2.05) is 13.0 Å². The molecule has 30 heavy (non-hydrogen) atoms.